The topological polar surface area (TPSA) is 53.9 Å². The third kappa shape index (κ3) is 2.90. The van der Waals surface area contributed by atoms with E-state index in [2.05, 4.69) is 20.3 Å². The predicted octanol–water partition coefficient (Wildman–Crippen LogP) is 1.55. The quantitative estimate of drug-likeness (QED) is 0.862. The van der Waals surface area contributed by atoms with Crippen molar-refractivity contribution in [2.24, 2.45) is 0 Å². The van der Waals surface area contributed by atoms with Crippen LogP contribution in [-0.2, 0) is 6.54 Å². The average molecular weight is 229 g/mol. The van der Waals surface area contributed by atoms with Crippen molar-refractivity contribution in [3.63, 3.8) is 0 Å². The van der Waals surface area contributed by atoms with Crippen LogP contribution in [0.5, 0.6) is 0 Å². The Hall–Kier alpha value is -2.17. The number of pyridine rings is 1. The molecule has 5 nitrogen and oxygen atoms in total. The van der Waals surface area contributed by atoms with Gasteiger partial charge in [0.2, 0.25) is 0 Å². The molecule has 0 aliphatic carbocycles. The highest BCUT2D eigenvalue weighted by molar-refractivity contribution is 5.64. The highest BCUT2D eigenvalue weighted by Gasteiger charge is 2.04. The monoisotopic (exact) mass is 229 g/mol. The van der Waals surface area contributed by atoms with Gasteiger partial charge in [-0.1, -0.05) is 0 Å². The Morgan fingerprint density at radius 3 is 2.76 bits per heavy atom. The highest BCUT2D eigenvalue weighted by Crippen LogP contribution is 2.20. The molecule has 2 heterocycles. The Labute approximate surface area is 101 Å². The van der Waals surface area contributed by atoms with Gasteiger partial charge in [-0.15, -0.1) is 0 Å². The van der Waals surface area contributed by atoms with Crippen LogP contribution in [0, 0.1) is 0 Å². The van der Waals surface area contributed by atoms with Gasteiger partial charge in [-0.25, -0.2) is 15.0 Å². The normalized spacial score (nSPS) is 10.0. The van der Waals surface area contributed by atoms with Crippen LogP contribution in [0.1, 0.15) is 5.69 Å². The molecule has 17 heavy (non-hydrogen) atoms. The Bertz CT molecular complexity index is 469. The highest BCUT2D eigenvalue weighted by atomic mass is 15.2. The van der Waals surface area contributed by atoms with E-state index in [4.69, 9.17) is 0 Å². The van der Waals surface area contributed by atoms with Gasteiger partial charge in [0.1, 0.15) is 6.33 Å². The molecule has 2 aromatic rings. The molecule has 0 aliphatic heterocycles. The summed E-state index contributed by atoms with van der Waals surface area (Å²) in [4.78, 5) is 14.3. The van der Waals surface area contributed by atoms with Gasteiger partial charge in [0.05, 0.1) is 17.9 Å². The zero-order valence-corrected chi connectivity index (χ0v) is 9.96. The summed E-state index contributed by atoms with van der Waals surface area (Å²) in [5.74, 6) is 0.918. The molecule has 0 amide bonds. The molecule has 0 unspecified atom stereocenters. The van der Waals surface area contributed by atoms with Crippen molar-refractivity contribution in [3.05, 3.63) is 42.6 Å². The average Bonchev–Trinajstić information content (AvgIpc) is 2.38. The van der Waals surface area contributed by atoms with Crippen molar-refractivity contribution in [1.82, 2.24) is 15.0 Å². The van der Waals surface area contributed by atoms with E-state index in [0.29, 0.717) is 6.54 Å². The summed E-state index contributed by atoms with van der Waals surface area (Å²) in [5.41, 5.74) is 1.95. The van der Waals surface area contributed by atoms with E-state index in [1.165, 1.54) is 0 Å². The molecule has 0 radical (unpaired) electrons. The lowest BCUT2D eigenvalue weighted by atomic mass is 10.3. The molecule has 88 valence electrons. The van der Waals surface area contributed by atoms with E-state index < -0.39 is 0 Å². The van der Waals surface area contributed by atoms with Crippen molar-refractivity contribution in [2.75, 3.05) is 24.3 Å². The Morgan fingerprint density at radius 2 is 2.06 bits per heavy atom. The summed E-state index contributed by atoms with van der Waals surface area (Å²) in [6.07, 6.45) is 5.07. The van der Waals surface area contributed by atoms with Crippen LogP contribution in [0.15, 0.2) is 36.9 Å². The van der Waals surface area contributed by atoms with Crippen molar-refractivity contribution >= 4 is 11.5 Å². The van der Waals surface area contributed by atoms with Gasteiger partial charge in [-0.2, -0.15) is 0 Å². The van der Waals surface area contributed by atoms with Crippen LogP contribution in [0.3, 0.4) is 0 Å². The standard InChI is InChI=1S/C12H15N5/c1-17(2)12-11(4-3-6-14-12)15-8-10-5-7-13-9-16-10/h3-7,9,15H,8H2,1-2H3. The smallest absolute Gasteiger partial charge is 0.151 e. The lowest BCUT2D eigenvalue weighted by Crippen LogP contribution is -2.14. The zero-order chi connectivity index (χ0) is 12.1. The van der Waals surface area contributed by atoms with Gasteiger partial charge in [0, 0.05) is 26.5 Å². The second-order valence-electron chi connectivity index (χ2n) is 3.82. The van der Waals surface area contributed by atoms with E-state index in [1.54, 1.807) is 18.7 Å². The number of hydrogen-bond acceptors (Lipinski definition) is 5. The number of anilines is 2. The van der Waals surface area contributed by atoms with Crippen molar-refractivity contribution in [2.45, 2.75) is 6.54 Å². The van der Waals surface area contributed by atoms with E-state index in [0.717, 1.165) is 17.2 Å². The molecule has 0 saturated carbocycles. The maximum Gasteiger partial charge on any atom is 0.151 e. The molecule has 0 fully saturated rings. The Morgan fingerprint density at radius 1 is 1.18 bits per heavy atom. The van der Waals surface area contributed by atoms with Crippen molar-refractivity contribution in [1.29, 1.82) is 0 Å². The van der Waals surface area contributed by atoms with Crippen LogP contribution in [0.25, 0.3) is 0 Å². The first-order chi connectivity index (χ1) is 8.27. The van der Waals surface area contributed by atoms with Gasteiger partial charge in [-0.05, 0) is 18.2 Å². The summed E-state index contributed by atoms with van der Waals surface area (Å²) in [6, 6.07) is 5.80. The van der Waals surface area contributed by atoms with Gasteiger partial charge in [0.15, 0.2) is 5.82 Å². The molecule has 0 spiro atoms. The number of aromatic nitrogens is 3. The third-order valence-corrected chi connectivity index (χ3v) is 2.31. The minimum atomic E-state index is 0.662. The first-order valence-electron chi connectivity index (χ1n) is 5.38. The van der Waals surface area contributed by atoms with E-state index in [-0.39, 0.29) is 0 Å². The first kappa shape index (κ1) is 11.3. The number of rotatable bonds is 4. The van der Waals surface area contributed by atoms with Crippen molar-refractivity contribution in [3.8, 4) is 0 Å². The molecular formula is C12H15N5. The molecule has 0 bridgehead atoms. The van der Waals surface area contributed by atoms with E-state index in [9.17, 15) is 0 Å². The Kier molecular flexibility index (Phi) is 3.49. The number of nitrogens with zero attached hydrogens (tertiary/aromatic N) is 4. The number of nitrogens with one attached hydrogen (secondary N) is 1. The maximum absolute atomic E-state index is 4.32. The van der Waals surface area contributed by atoms with Crippen LogP contribution in [-0.4, -0.2) is 29.0 Å². The minimum absolute atomic E-state index is 0.662. The maximum atomic E-state index is 4.32. The Balaban J connectivity index is 2.09. The molecule has 0 atom stereocenters. The third-order valence-electron chi connectivity index (χ3n) is 2.31. The van der Waals surface area contributed by atoms with Crippen LogP contribution < -0.4 is 10.2 Å². The fourth-order valence-electron chi connectivity index (χ4n) is 1.50. The van der Waals surface area contributed by atoms with Crippen LogP contribution in [0.2, 0.25) is 0 Å². The van der Waals surface area contributed by atoms with E-state index in [1.807, 2.05) is 37.2 Å². The predicted molar refractivity (Wildman–Crippen MR) is 67.9 cm³/mol. The lowest BCUT2D eigenvalue weighted by Gasteiger charge is -2.16. The second kappa shape index (κ2) is 5.25. The summed E-state index contributed by atoms with van der Waals surface area (Å²) >= 11 is 0. The summed E-state index contributed by atoms with van der Waals surface area (Å²) in [7, 11) is 3.94. The summed E-state index contributed by atoms with van der Waals surface area (Å²) in [6.45, 7) is 0.662. The lowest BCUT2D eigenvalue weighted by molar-refractivity contribution is 0.995. The van der Waals surface area contributed by atoms with Gasteiger partial charge >= 0.3 is 0 Å². The van der Waals surface area contributed by atoms with Crippen LogP contribution in [0.4, 0.5) is 11.5 Å². The fraction of sp³-hybridized carbons (Fsp3) is 0.250. The summed E-state index contributed by atoms with van der Waals surface area (Å²) in [5, 5.41) is 3.32. The molecule has 1 N–H and O–H groups in total. The molecule has 0 aliphatic rings. The fourth-order valence-corrected chi connectivity index (χ4v) is 1.50. The van der Waals surface area contributed by atoms with Gasteiger partial charge in [-0.3, -0.25) is 0 Å². The van der Waals surface area contributed by atoms with Crippen molar-refractivity contribution < 1.29 is 0 Å². The van der Waals surface area contributed by atoms with Gasteiger partial charge in [0.25, 0.3) is 0 Å². The minimum Gasteiger partial charge on any atom is -0.376 e. The number of hydrogen-bond donors (Lipinski definition) is 1. The first-order valence-corrected chi connectivity index (χ1v) is 5.38. The molecule has 0 aromatic carbocycles. The molecule has 2 aromatic heterocycles. The molecule has 2 rings (SSSR count). The van der Waals surface area contributed by atoms with Crippen LogP contribution >= 0.6 is 0 Å². The second-order valence-corrected chi connectivity index (χ2v) is 3.82. The molecular weight excluding hydrogens is 214 g/mol. The molecule has 0 saturated heterocycles. The zero-order valence-electron chi connectivity index (χ0n) is 9.96. The van der Waals surface area contributed by atoms with E-state index >= 15 is 0 Å². The molecule has 5 heteroatoms. The largest absolute Gasteiger partial charge is 0.376 e. The van der Waals surface area contributed by atoms with Gasteiger partial charge < -0.3 is 10.2 Å². The SMILES string of the molecule is CN(C)c1ncccc1NCc1ccncn1. The summed E-state index contributed by atoms with van der Waals surface area (Å²) < 4.78 is 0.